The number of aryl methyl sites for hydroxylation is 1. The number of urea groups is 1. The van der Waals surface area contributed by atoms with Gasteiger partial charge in [-0.2, -0.15) is 0 Å². The highest BCUT2D eigenvalue weighted by Crippen LogP contribution is 2.29. The van der Waals surface area contributed by atoms with Gasteiger partial charge in [0.1, 0.15) is 0 Å². The molecule has 3 amide bonds. The molecule has 4 rings (SSSR count). The number of rotatable bonds is 7. The molecule has 28 heavy (non-hydrogen) atoms. The van der Waals surface area contributed by atoms with Gasteiger partial charge in [0.25, 0.3) is 0 Å². The molecule has 0 radical (unpaired) electrons. The van der Waals surface area contributed by atoms with Gasteiger partial charge in [0, 0.05) is 25.4 Å². The van der Waals surface area contributed by atoms with Crippen molar-refractivity contribution in [1.29, 1.82) is 0 Å². The van der Waals surface area contributed by atoms with Crippen LogP contribution in [0, 0.1) is 6.92 Å². The van der Waals surface area contributed by atoms with Gasteiger partial charge in [-0.15, -0.1) is 10.2 Å². The maximum atomic E-state index is 11.7. The second kappa shape index (κ2) is 8.22. The highest BCUT2D eigenvalue weighted by Gasteiger charge is 2.28. The quantitative estimate of drug-likeness (QED) is 0.436. The van der Waals surface area contributed by atoms with Gasteiger partial charge in [-0.1, -0.05) is 29.5 Å². The third kappa shape index (κ3) is 3.84. The van der Waals surface area contributed by atoms with E-state index < -0.39 is 0 Å². The van der Waals surface area contributed by atoms with Crippen LogP contribution in [0.3, 0.4) is 0 Å². The Morgan fingerprint density at radius 2 is 1.86 bits per heavy atom. The van der Waals surface area contributed by atoms with Crippen molar-refractivity contribution in [3.05, 3.63) is 29.8 Å². The molecular formula is C19H24N6O2S. The Balaban J connectivity index is 1.47. The zero-order valence-electron chi connectivity index (χ0n) is 15.9. The first-order chi connectivity index (χ1) is 13.6. The van der Waals surface area contributed by atoms with Crippen LogP contribution in [0.4, 0.5) is 10.7 Å². The zero-order valence-corrected chi connectivity index (χ0v) is 16.7. The summed E-state index contributed by atoms with van der Waals surface area (Å²) in [6.45, 7) is 4.60. The summed E-state index contributed by atoms with van der Waals surface area (Å²) in [6.07, 6.45) is 3.06. The molecule has 0 aliphatic carbocycles. The van der Waals surface area contributed by atoms with E-state index in [1.54, 1.807) is 11.8 Å². The zero-order chi connectivity index (χ0) is 19.5. The number of nitrogens with zero attached hydrogens (tertiary/aromatic N) is 5. The maximum absolute atomic E-state index is 11.7. The minimum Gasteiger partial charge on any atom is -0.341 e. The Labute approximate surface area is 168 Å². The average molecular weight is 401 g/mol. The lowest BCUT2D eigenvalue weighted by Crippen LogP contribution is -2.32. The molecule has 0 unspecified atom stereocenters. The molecule has 9 heteroatoms. The highest BCUT2D eigenvalue weighted by molar-refractivity contribution is 7.99. The lowest BCUT2D eigenvalue weighted by atomic mass is 10.2. The van der Waals surface area contributed by atoms with Crippen LogP contribution < -0.4 is 10.2 Å². The minimum absolute atomic E-state index is 0.104. The van der Waals surface area contributed by atoms with E-state index in [0.29, 0.717) is 13.0 Å². The van der Waals surface area contributed by atoms with Crippen LogP contribution in [-0.4, -0.2) is 63.5 Å². The van der Waals surface area contributed by atoms with Crippen LogP contribution in [0.5, 0.6) is 0 Å². The Hall–Kier alpha value is -2.55. The highest BCUT2D eigenvalue weighted by atomic mass is 32.2. The summed E-state index contributed by atoms with van der Waals surface area (Å²) >= 11 is 1.60. The molecule has 2 aliphatic rings. The molecule has 0 saturated carbocycles. The Kier molecular flexibility index (Phi) is 5.52. The van der Waals surface area contributed by atoms with Crippen LogP contribution in [0.15, 0.2) is 29.4 Å². The van der Waals surface area contributed by atoms with Gasteiger partial charge in [0.2, 0.25) is 11.9 Å². The van der Waals surface area contributed by atoms with Gasteiger partial charge in [-0.05, 0) is 38.3 Å². The van der Waals surface area contributed by atoms with Gasteiger partial charge in [0.15, 0.2) is 5.16 Å². The summed E-state index contributed by atoms with van der Waals surface area (Å²) in [5.41, 5.74) is 2.26. The Morgan fingerprint density at radius 1 is 1.11 bits per heavy atom. The van der Waals surface area contributed by atoms with Crippen molar-refractivity contribution in [3.8, 4) is 5.69 Å². The Morgan fingerprint density at radius 3 is 2.54 bits per heavy atom. The number of thioether (sulfide) groups is 1. The molecule has 1 N–H and O–H groups in total. The van der Waals surface area contributed by atoms with Crippen molar-refractivity contribution in [2.45, 2.75) is 31.3 Å². The Bertz CT molecular complexity index is 844. The number of nitrogens with one attached hydrogen (secondary N) is 1. The molecule has 2 aliphatic heterocycles. The molecule has 2 fully saturated rings. The number of benzene rings is 1. The number of carbonyl (C=O) groups excluding carboxylic acids is 2. The third-order valence-electron chi connectivity index (χ3n) is 4.99. The van der Waals surface area contributed by atoms with Gasteiger partial charge in [0.05, 0.1) is 12.2 Å². The SMILES string of the molecule is Cc1ccc(-n2c(SCCCN3C(=O)CNC3=O)nnc2N2CCCC2)cc1. The van der Waals surface area contributed by atoms with E-state index in [1.807, 2.05) is 0 Å². The predicted molar refractivity (Wildman–Crippen MR) is 108 cm³/mol. The van der Waals surface area contributed by atoms with Gasteiger partial charge >= 0.3 is 6.03 Å². The van der Waals surface area contributed by atoms with E-state index in [0.717, 1.165) is 35.6 Å². The number of aromatic nitrogens is 3. The van der Waals surface area contributed by atoms with Crippen molar-refractivity contribution in [2.24, 2.45) is 0 Å². The fourth-order valence-electron chi connectivity index (χ4n) is 3.47. The van der Waals surface area contributed by atoms with E-state index in [9.17, 15) is 9.59 Å². The molecule has 1 aromatic carbocycles. The summed E-state index contributed by atoms with van der Waals surface area (Å²) in [5.74, 6) is 1.48. The number of hydrogen-bond donors (Lipinski definition) is 1. The second-order valence-corrected chi connectivity index (χ2v) is 8.12. The first-order valence-electron chi connectivity index (χ1n) is 9.62. The van der Waals surface area contributed by atoms with Crippen LogP contribution in [0.25, 0.3) is 5.69 Å². The maximum Gasteiger partial charge on any atom is 0.324 e. The predicted octanol–water partition coefficient (Wildman–Crippen LogP) is 2.21. The van der Waals surface area contributed by atoms with Crippen molar-refractivity contribution in [3.63, 3.8) is 0 Å². The summed E-state index contributed by atoms with van der Waals surface area (Å²) < 4.78 is 2.11. The average Bonchev–Trinajstić information content (AvgIpc) is 3.42. The monoisotopic (exact) mass is 400 g/mol. The number of carbonyl (C=O) groups is 2. The van der Waals surface area contributed by atoms with E-state index in [-0.39, 0.29) is 18.5 Å². The van der Waals surface area contributed by atoms with Crippen molar-refractivity contribution < 1.29 is 9.59 Å². The van der Waals surface area contributed by atoms with Crippen LogP contribution in [-0.2, 0) is 4.79 Å². The lowest BCUT2D eigenvalue weighted by molar-refractivity contribution is -0.124. The summed E-state index contributed by atoms with van der Waals surface area (Å²) in [5, 5.41) is 12.3. The summed E-state index contributed by atoms with van der Waals surface area (Å²) in [6, 6.07) is 8.07. The first kappa shape index (κ1) is 18.8. The number of hydrogen-bond acceptors (Lipinski definition) is 6. The topological polar surface area (TPSA) is 83.4 Å². The smallest absolute Gasteiger partial charge is 0.324 e. The minimum atomic E-state index is -0.297. The number of amides is 3. The molecule has 3 heterocycles. The molecule has 1 aromatic heterocycles. The van der Waals surface area contributed by atoms with Crippen molar-refractivity contribution >= 4 is 29.6 Å². The number of imide groups is 1. The molecule has 8 nitrogen and oxygen atoms in total. The molecule has 0 bridgehead atoms. The molecule has 0 spiro atoms. The molecule has 2 aromatic rings. The molecule has 0 atom stereocenters. The molecule has 2 saturated heterocycles. The van der Waals surface area contributed by atoms with Crippen molar-refractivity contribution in [1.82, 2.24) is 25.0 Å². The fourth-order valence-corrected chi connectivity index (χ4v) is 4.34. The molecular weight excluding hydrogens is 376 g/mol. The van der Waals surface area contributed by atoms with E-state index >= 15 is 0 Å². The first-order valence-corrected chi connectivity index (χ1v) is 10.6. The lowest BCUT2D eigenvalue weighted by Gasteiger charge is -2.18. The van der Waals surface area contributed by atoms with Crippen LogP contribution in [0.1, 0.15) is 24.8 Å². The normalized spacial score (nSPS) is 16.9. The second-order valence-electron chi connectivity index (χ2n) is 7.05. The van der Waals surface area contributed by atoms with Crippen LogP contribution >= 0.6 is 11.8 Å². The van der Waals surface area contributed by atoms with Gasteiger partial charge in [-0.3, -0.25) is 14.3 Å². The van der Waals surface area contributed by atoms with Gasteiger partial charge < -0.3 is 10.2 Å². The fraction of sp³-hybridized carbons (Fsp3) is 0.474. The summed E-state index contributed by atoms with van der Waals surface area (Å²) in [4.78, 5) is 26.9. The van der Waals surface area contributed by atoms with E-state index in [4.69, 9.17) is 0 Å². The van der Waals surface area contributed by atoms with Crippen LogP contribution in [0.2, 0.25) is 0 Å². The van der Waals surface area contributed by atoms with Gasteiger partial charge in [-0.25, -0.2) is 4.79 Å². The van der Waals surface area contributed by atoms with E-state index in [1.165, 1.54) is 23.3 Å². The number of anilines is 1. The molecule has 148 valence electrons. The standard InChI is InChI=1S/C19H24N6O2S/c1-14-5-7-15(8-6-14)25-17(23-9-2-3-10-23)21-22-19(25)28-12-4-11-24-16(26)13-20-18(24)27/h5-8H,2-4,9-13H2,1H3,(H,20,27). The largest absolute Gasteiger partial charge is 0.341 e. The summed E-state index contributed by atoms with van der Waals surface area (Å²) in [7, 11) is 0. The van der Waals surface area contributed by atoms with Crippen molar-refractivity contribution in [2.75, 3.05) is 36.8 Å². The van der Waals surface area contributed by atoms with E-state index in [2.05, 4.69) is 56.2 Å². The third-order valence-corrected chi connectivity index (χ3v) is 6.01.